The number of carbonyl (C=O) groups is 1. The number of hydrogen-bond donors (Lipinski definition) is 2. The number of rotatable bonds is 4. The Morgan fingerprint density at radius 1 is 1.20 bits per heavy atom. The highest BCUT2D eigenvalue weighted by atomic mass is 79.9. The van der Waals surface area contributed by atoms with Crippen molar-refractivity contribution >= 4 is 27.5 Å². The van der Waals surface area contributed by atoms with Gasteiger partial charge >= 0.3 is 0 Å². The number of carbonyl (C=O) groups excluding carboxylic acids is 1. The van der Waals surface area contributed by atoms with Gasteiger partial charge in [0.15, 0.2) is 0 Å². The van der Waals surface area contributed by atoms with Crippen LogP contribution in [0.2, 0.25) is 0 Å². The van der Waals surface area contributed by atoms with Crippen molar-refractivity contribution in [3.05, 3.63) is 63.6 Å². The normalized spacial score (nSPS) is 10.3. The third kappa shape index (κ3) is 3.33. The van der Waals surface area contributed by atoms with E-state index in [0.717, 1.165) is 10.5 Å². The van der Waals surface area contributed by atoms with Crippen molar-refractivity contribution in [2.75, 3.05) is 5.32 Å². The number of nitrogens with one attached hydrogen (secondary N) is 1. The third-order valence-electron chi connectivity index (χ3n) is 2.72. The minimum atomic E-state index is -0.835. The lowest BCUT2D eigenvalue weighted by Gasteiger charge is -2.09. The molecule has 0 aromatic heterocycles. The van der Waals surface area contributed by atoms with Gasteiger partial charge in [-0.15, -0.1) is 0 Å². The number of benzene rings is 2. The highest BCUT2D eigenvalue weighted by Crippen LogP contribution is 2.20. The van der Waals surface area contributed by atoms with Crippen molar-refractivity contribution < 1.29 is 13.6 Å². The summed E-state index contributed by atoms with van der Waals surface area (Å²) < 4.78 is 27.2. The Morgan fingerprint density at radius 3 is 2.65 bits per heavy atom. The fourth-order valence-electron chi connectivity index (χ4n) is 1.70. The molecule has 104 valence electrons. The van der Waals surface area contributed by atoms with Gasteiger partial charge in [0.2, 0.25) is 0 Å². The first-order valence-electron chi connectivity index (χ1n) is 5.74. The second kappa shape index (κ2) is 6.00. The van der Waals surface area contributed by atoms with Crippen LogP contribution in [0.1, 0.15) is 15.9 Å². The van der Waals surface area contributed by atoms with Crippen LogP contribution < -0.4 is 11.1 Å². The average Bonchev–Trinajstić information content (AvgIpc) is 2.41. The summed E-state index contributed by atoms with van der Waals surface area (Å²) in [5.74, 6) is -1.85. The van der Waals surface area contributed by atoms with Crippen LogP contribution in [0.4, 0.5) is 14.5 Å². The minimum absolute atomic E-state index is 0.187. The highest BCUT2D eigenvalue weighted by molar-refractivity contribution is 9.10. The standard InChI is InChI=1S/C14H11BrF2N2O/c15-12-3-1-9(16)5-8(12)7-19-10-2-4-13(17)11(6-10)14(18)20/h1-6,19H,7H2,(H2,18,20). The molecule has 0 saturated carbocycles. The van der Waals surface area contributed by atoms with E-state index in [2.05, 4.69) is 21.2 Å². The quantitative estimate of drug-likeness (QED) is 0.895. The van der Waals surface area contributed by atoms with Crippen molar-refractivity contribution in [2.24, 2.45) is 5.73 Å². The molecule has 0 radical (unpaired) electrons. The number of nitrogens with two attached hydrogens (primary N) is 1. The zero-order valence-corrected chi connectivity index (χ0v) is 11.9. The molecule has 2 aromatic carbocycles. The van der Waals surface area contributed by atoms with Crippen LogP contribution >= 0.6 is 15.9 Å². The predicted molar refractivity (Wildman–Crippen MR) is 76.3 cm³/mol. The molecule has 2 aromatic rings. The summed E-state index contributed by atoms with van der Waals surface area (Å²) in [6.45, 7) is 0.322. The van der Waals surface area contributed by atoms with Crippen molar-refractivity contribution in [3.8, 4) is 0 Å². The molecular formula is C14H11BrF2N2O. The molecule has 0 fully saturated rings. The number of hydrogen-bond acceptors (Lipinski definition) is 2. The summed E-state index contributed by atoms with van der Waals surface area (Å²) in [5, 5.41) is 2.98. The molecule has 0 bridgehead atoms. The summed E-state index contributed by atoms with van der Waals surface area (Å²) in [4.78, 5) is 11.0. The summed E-state index contributed by atoms with van der Waals surface area (Å²) in [7, 11) is 0. The topological polar surface area (TPSA) is 55.1 Å². The van der Waals surface area contributed by atoms with Gasteiger partial charge in [-0.05, 0) is 42.0 Å². The average molecular weight is 341 g/mol. The van der Waals surface area contributed by atoms with E-state index in [1.165, 1.54) is 24.3 Å². The van der Waals surface area contributed by atoms with Gasteiger partial charge in [0.05, 0.1) is 5.56 Å². The Kier molecular flexibility index (Phi) is 4.34. The maximum Gasteiger partial charge on any atom is 0.251 e. The van der Waals surface area contributed by atoms with Gasteiger partial charge in [-0.1, -0.05) is 15.9 Å². The van der Waals surface area contributed by atoms with Gasteiger partial charge in [0.25, 0.3) is 5.91 Å². The van der Waals surface area contributed by atoms with Crippen molar-refractivity contribution in [3.63, 3.8) is 0 Å². The van der Waals surface area contributed by atoms with Crippen LogP contribution in [-0.4, -0.2) is 5.91 Å². The molecule has 3 N–H and O–H groups in total. The monoisotopic (exact) mass is 340 g/mol. The van der Waals surface area contributed by atoms with Crippen LogP contribution in [0.3, 0.4) is 0 Å². The van der Waals surface area contributed by atoms with Gasteiger partial charge in [0, 0.05) is 16.7 Å². The molecule has 20 heavy (non-hydrogen) atoms. The smallest absolute Gasteiger partial charge is 0.251 e. The van der Waals surface area contributed by atoms with Crippen LogP contribution in [0, 0.1) is 11.6 Å². The first-order chi connectivity index (χ1) is 9.47. The summed E-state index contributed by atoms with van der Waals surface area (Å²) in [6, 6.07) is 8.29. The van der Waals surface area contributed by atoms with E-state index < -0.39 is 11.7 Å². The summed E-state index contributed by atoms with van der Waals surface area (Å²) in [5.41, 5.74) is 6.11. The molecule has 0 atom stereocenters. The largest absolute Gasteiger partial charge is 0.381 e. The maximum atomic E-state index is 13.3. The van der Waals surface area contributed by atoms with Gasteiger partial charge < -0.3 is 11.1 Å². The molecule has 2 rings (SSSR count). The molecule has 0 aliphatic rings. The minimum Gasteiger partial charge on any atom is -0.381 e. The van der Waals surface area contributed by atoms with Crippen molar-refractivity contribution in [2.45, 2.75) is 6.54 Å². The van der Waals surface area contributed by atoms with E-state index in [1.807, 2.05) is 0 Å². The Labute approximate surface area is 122 Å². The van der Waals surface area contributed by atoms with Gasteiger partial charge in [0.1, 0.15) is 11.6 Å². The summed E-state index contributed by atoms with van der Waals surface area (Å²) >= 11 is 3.31. The molecule has 3 nitrogen and oxygen atoms in total. The lowest BCUT2D eigenvalue weighted by Crippen LogP contribution is -2.13. The van der Waals surface area contributed by atoms with Crippen LogP contribution in [0.15, 0.2) is 40.9 Å². The fourth-order valence-corrected chi connectivity index (χ4v) is 2.09. The van der Waals surface area contributed by atoms with Gasteiger partial charge in [-0.2, -0.15) is 0 Å². The van der Waals surface area contributed by atoms with Crippen LogP contribution in [-0.2, 0) is 6.54 Å². The van der Waals surface area contributed by atoms with E-state index in [-0.39, 0.29) is 11.4 Å². The van der Waals surface area contributed by atoms with Gasteiger partial charge in [-0.3, -0.25) is 4.79 Å². The third-order valence-corrected chi connectivity index (χ3v) is 3.50. The lowest BCUT2D eigenvalue weighted by atomic mass is 10.1. The first-order valence-corrected chi connectivity index (χ1v) is 6.54. The summed E-state index contributed by atoms with van der Waals surface area (Å²) in [6.07, 6.45) is 0. The lowest BCUT2D eigenvalue weighted by molar-refractivity contribution is 0.0996. The molecule has 0 unspecified atom stereocenters. The van der Waals surface area contributed by atoms with E-state index in [9.17, 15) is 13.6 Å². The van der Waals surface area contributed by atoms with E-state index >= 15 is 0 Å². The molecule has 0 aliphatic carbocycles. The van der Waals surface area contributed by atoms with Gasteiger partial charge in [-0.25, -0.2) is 8.78 Å². The SMILES string of the molecule is NC(=O)c1cc(NCc2cc(F)ccc2Br)ccc1F. The molecule has 0 saturated heterocycles. The Bertz CT molecular complexity index is 662. The number of halogens is 3. The van der Waals surface area contributed by atoms with Crippen molar-refractivity contribution in [1.82, 2.24) is 0 Å². The van der Waals surface area contributed by atoms with E-state index in [4.69, 9.17) is 5.73 Å². The Balaban J connectivity index is 2.17. The second-order valence-electron chi connectivity index (χ2n) is 4.15. The molecule has 0 spiro atoms. The van der Waals surface area contributed by atoms with E-state index in [1.54, 1.807) is 6.07 Å². The zero-order valence-electron chi connectivity index (χ0n) is 10.3. The molecule has 6 heteroatoms. The number of amides is 1. The van der Waals surface area contributed by atoms with Crippen LogP contribution in [0.25, 0.3) is 0 Å². The molecule has 1 amide bonds. The Hall–Kier alpha value is -1.95. The second-order valence-corrected chi connectivity index (χ2v) is 5.00. The number of primary amides is 1. The molecule has 0 heterocycles. The molecule has 0 aliphatic heterocycles. The van der Waals surface area contributed by atoms with Crippen LogP contribution in [0.5, 0.6) is 0 Å². The maximum absolute atomic E-state index is 13.3. The Morgan fingerprint density at radius 2 is 1.95 bits per heavy atom. The first kappa shape index (κ1) is 14.5. The highest BCUT2D eigenvalue weighted by Gasteiger charge is 2.09. The fraction of sp³-hybridized carbons (Fsp3) is 0.0714. The predicted octanol–water partition coefficient (Wildman–Crippen LogP) is 3.44. The molecular weight excluding hydrogens is 330 g/mol. The van der Waals surface area contributed by atoms with Crippen molar-refractivity contribution in [1.29, 1.82) is 0 Å². The zero-order chi connectivity index (χ0) is 14.7. The van der Waals surface area contributed by atoms with E-state index in [0.29, 0.717) is 17.8 Å². The number of anilines is 1.